The summed E-state index contributed by atoms with van der Waals surface area (Å²) in [6.07, 6.45) is -0.744. The van der Waals surface area contributed by atoms with E-state index in [2.05, 4.69) is 24.3 Å². The normalized spacial score (nSPS) is 26.6. The van der Waals surface area contributed by atoms with Crippen molar-refractivity contribution in [2.24, 2.45) is 5.92 Å². The van der Waals surface area contributed by atoms with Crippen molar-refractivity contribution in [2.45, 2.75) is 18.1 Å². The van der Waals surface area contributed by atoms with Gasteiger partial charge in [0.15, 0.2) is 5.78 Å². The van der Waals surface area contributed by atoms with Crippen LogP contribution in [0.25, 0.3) is 11.1 Å². The number of fused-ring (bicyclic) bond motifs is 4. The second kappa shape index (κ2) is 5.68. The highest BCUT2D eigenvalue weighted by atomic mass is 16.5. The molecule has 26 heavy (non-hydrogen) atoms. The molecule has 1 aliphatic carbocycles. The zero-order chi connectivity index (χ0) is 17.8. The van der Waals surface area contributed by atoms with Gasteiger partial charge in [0.25, 0.3) is 0 Å². The number of carbonyl (C=O) groups excluding carboxylic acids is 2. The minimum absolute atomic E-state index is 0.0235. The Balaban J connectivity index is 1.62. The highest BCUT2D eigenvalue weighted by Gasteiger charge is 2.56. The summed E-state index contributed by atoms with van der Waals surface area (Å²) in [7, 11) is 1.35. The molecule has 2 heterocycles. The van der Waals surface area contributed by atoms with Crippen LogP contribution in [-0.4, -0.2) is 49.2 Å². The van der Waals surface area contributed by atoms with E-state index < -0.39 is 12.1 Å². The van der Waals surface area contributed by atoms with E-state index in [1.165, 1.54) is 29.4 Å². The number of likely N-dealkylation sites (tertiary alicyclic amines) is 1. The van der Waals surface area contributed by atoms with Gasteiger partial charge in [-0.15, -0.1) is 0 Å². The molecule has 1 amide bonds. The lowest BCUT2D eigenvalue weighted by molar-refractivity contribution is -0.121. The molecule has 2 fully saturated rings. The Labute approximate surface area is 151 Å². The fourth-order valence-electron chi connectivity index (χ4n) is 4.95. The molecular weight excluding hydrogens is 330 g/mol. The summed E-state index contributed by atoms with van der Waals surface area (Å²) in [5.41, 5.74) is 4.94. The molecule has 132 valence electrons. The summed E-state index contributed by atoms with van der Waals surface area (Å²) < 4.78 is 10.8. The van der Waals surface area contributed by atoms with E-state index >= 15 is 0 Å². The Hall–Kier alpha value is -2.66. The molecule has 2 aromatic rings. The number of carbonyl (C=O) groups is 2. The molecule has 5 nitrogen and oxygen atoms in total. The van der Waals surface area contributed by atoms with E-state index in [0.717, 1.165) is 0 Å². The van der Waals surface area contributed by atoms with Crippen LogP contribution in [0.2, 0.25) is 0 Å². The monoisotopic (exact) mass is 349 g/mol. The van der Waals surface area contributed by atoms with Gasteiger partial charge in [0.1, 0.15) is 12.6 Å². The Bertz CT molecular complexity index is 863. The van der Waals surface area contributed by atoms with E-state index in [1.807, 2.05) is 24.3 Å². The van der Waals surface area contributed by atoms with Crippen molar-refractivity contribution < 1.29 is 19.1 Å². The van der Waals surface area contributed by atoms with E-state index in [4.69, 9.17) is 9.47 Å². The highest BCUT2D eigenvalue weighted by Crippen LogP contribution is 2.52. The molecule has 5 heteroatoms. The van der Waals surface area contributed by atoms with E-state index in [0.29, 0.717) is 6.54 Å². The van der Waals surface area contributed by atoms with Gasteiger partial charge in [-0.05, 0) is 22.3 Å². The molecular formula is C21H19NO4. The first kappa shape index (κ1) is 15.6. The summed E-state index contributed by atoms with van der Waals surface area (Å²) in [4.78, 5) is 26.2. The first-order chi connectivity index (χ1) is 12.7. The Morgan fingerprint density at radius 3 is 2.31 bits per heavy atom. The number of methoxy groups -OCH3 is 1. The van der Waals surface area contributed by atoms with Gasteiger partial charge >= 0.3 is 6.09 Å². The molecule has 1 unspecified atom stereocenters. The van der Waals surface area contributed by atoms with Crippen LogP contribution in [0.4, 0.5) is 4.79 Å². The number of hydrogen-bond donors (Lipinski definition) is 0. The van der Waals surface area contributed by atoms with Gasteiger partial charge in [-0.2, -0.15) is 0 Å². The van der Waals surface area contributed by atoms with Gasteiger partial charge in [-0.1, -0.05) is 48.5 Å². The summed E-state index contributed by atoms with van der Waals surface area (Å²) in [6.45, 7) is 0.524. The molecule has 5 rings (SSSR count). The molecule has 2 aromatic carbocycles. The smallest absolute Gasteiger partial charge is 0.410 e. The van der Waals surface area contributed by atoms with Crippen molar-refractivity contribution in [3.63, 3.8) is 0 Å². The number of benzene rings is 2. The van der Waals surface area contributed by atoms with Crippen molar-refractivity contribution in [1.29, 1.82) is 0 Å². The van der Waals surface area contributed by atoms with Crippen LogP contribution < -0.4 is 0 Å². The topological polar surface area (TPSA) is 55.8 Å². The molecule has 0 radical (unpaired) electrons. The molecule has 3 atom stereocenters. The third-order valence-corrected chi connectivity index (χ3v) is 5.94. The predicted octanol–water partition coefficient (Wildman–Crippen LogP) is 2.83. The van der Waals surface area contributed by atoms with Gasteiger partial charge in [-0.25, -0.2) is 4.79 Å². The lowest BCUT2D eigenvalue weighted by atomic mass is 9.81. The number of Topliss-reactive ketones (excluding diaryl/α,β-unsaturated/α-hetero) is 1. The van der Waals surface area contributed by atoms with Crippen molar-refractivity contribution in [3.05, 3.63) is 59.7 Å². The largest absolute Gasteiger partial charge is 0.453 e. The van der Waals surface area contributed by atoms with Crippen LogP contribution >= 0.6 is 0 Å². The van der Waals surface area contributed by atoms with E-state index in [1.54, 1.807) is 4.90 Å². The van der Waals surface area contributed by atoms with Crippen LogP contribution in [-0.2, 0) is 14.3 Å². The Kier molecular flexibility index (Phi) is 3.40. The Morgan fingerprint density at radius 2 is 1.69 bits per heavy atom. The SMILES string of the molecule is COC(=O)N1CC(C2c3ccccc3-c3ccccc32)[C@H]2OCC(=O)[C@H]21. The minimum atomic E-state index is -0.535. The van der Waals surface area contributed by atoms with Gasteiger partial charge < -0.3 is 9.47 Å². The maximum atomic E-state index is 12.4. The van der Waals surface area contributed by atoms with Crippen LogP contribution in [0.3, 0.4) is 0 Å². The van der Waals surface area contributed by atoms with Crippen molar-refractivity contribution >= 4 is 11.9 Å². The van der Waals surface area contributed by atoms with E-state index in [9.17, 15) is 9.59 Å². The number of ether oxygens (including phenoxy) is 2. The number of amides is 1. The zero-order valence-electron chi connectivity index (χ0n) is 14.4. The highest BCUT2D eigenvalue weighted by molar-refractivity contribution is 5.91. The number of nitrogens with zero attached hydrogens (tertiary/aromatic N) is 1. The summed E-state index contributed by atoms with van der Waals surface area (Å²) >= 11 is 0. The first-order valence-electron chi connectivity index (χ1n) is 8.88. The average molecular weight is 349 g/mol. The molecule has 0 saturated carbocycles. The Morgan fingerprint density at radius 1 is 1.08 bits per heavy atom. The molecule has 2 saturated heterocycles. The van der Waals surface area contributed by atoms with Gasteiger partial charge in [-0.3, -0.25) is 9.69 Å². The maximum Gasteiger partial charge on any atom is 0.410 e. The second-order valence-corrected chi connectivity index (χ2v) is 7.13. The molecule has 0 N–H and O–H groups in total. The fourth-order valence-corrected chi connectivity index (χ4v) is 4.95. The number of hydrogen-bond acceptors (Lipinski definition) is 4. The third-order valence-electron chi connectivity index (χ3n) is 5.94. The fraction of sp³-hybridized carbons (Fsp3) is 0.333. The summed E-state index contributed by atoms with van der Waals surface area (Å²) in [6, 6.07) is 16.2. The maximum absolute atomic E-state index is 12.4. The van der Waals surface area contributed by atoms with Crippen molar-refractivity contribution in [2.75, 3.05) is 20.3 Å². The summed E-state index contributed by atoms with van der Waals surface area (Å²) in [5, 5.41) is 0. The molecule has 0 aromatic heterocycles. The molecule has 3 aliphatic rings. The van der Waals surface area contributed by atoms with Crippen molar-refractivity contribution in [1.82, 2.24) is 4.90 Å². The first-order valence-corrected chi connectivity index (χ1v) is 8.88. The van der Waals surface area contributed by atoms with Crippen LogP contribution in [0.15, 0.2) is 48.5 Å². The number of rotatable bonds is 1. The molecule has 0 bridgehead atoms. The number of ketones is 1. The quantitative estimate of drug-likeness (QED) is 0.794. The lowest BCUT2D eigenvalue weighted by Crippen LogP contribution is -2.41. The third kappa shape index (κ3) is 2.01. The average Bonchev–Trinajstić information content (AvgIpc) is 3.33. The van der Waals surface area contributed by atoms with E-state index in [-0.39, 0.29) is 30.3 Å². The van der Waals surface area contributed by atoms with Crippen LogP contribution in [0.5, 0.6) is 0 Å². The van der Waals surface area contributed by atoms with Gasteiger partial charge in [0, 0.05) is 18.4 Å². The molecule has 0 spiro atoms. The summed E-state index contributed by atoms with van der Waals surface area (Å²) in [5.74, 6) is 0.0910. The standard InChI is InChI=1S/C21H19NO4/c1-25-21(24)22-10-16(20-19(22)17(23)11-26-20)18-14-8-4-2-6-12(14)13-7-3-5-9-15(13)18/h2-9,16,18-20H,10-11H2,1H3/t16?,19-,20-/m1/s1. The van der Waals surface area contributed by atoms with Crippen LogP contribution in [0.1, 0.15) is 17.0 Å². The zero-order valence-corrected chi connectivity index (χ0v) is 14.4. The van der Waals surface area contributed by atoms with Gasteiger partial charge in [0.05, 0.1) is 13.2 Å². The van der Waals surface area contributed by atoms with Crippen molar-refractivity contribution in [3.8, 4) is 11.1 Å². The minimum Gasteiger partial charge on any atom is -0.453 e. The predicted molar refractivity (Wildman–Crippen MR) is 94.9 cm³/mol. The van der Waals surface area contributed by atoms with Gasteiger partial charge in [0.2, 0.25) is 0 Å². The molecule has 2 aliphatic heterocycles. The second-order valence-electron chi connectivity index (χ2n) is 7.13. The lowest BCUT2D eigenvalue weighted by Gasteiger charge is -2.25. The van der Waals surface area contributed by atoms with Crippen LogP contribution in [0, 0.1) is 5.92 Å².